The van der Waals surface area contributed by atoms with Gasteiger partial charge in [0.05, 0.1) is 42.3 Å². The van der Waals surface area contributed by atoms with Crippen molar-refractivity contribution in [1.82, 2.24) is 19.3 Å². The van der Waals surface area contributed by atoms with Gasteiger partial charge >= 0.3 is 0 Å². The molecule has 8 nitrogen and oxygen atoms in total. The van der Waals surface area contributed by atoms with Gasteiger partial charge in [-0.3, -0.25) is 4.39 Å². The van der Waals surface area contributed by atoms with Crippen LogP contribution in [0, 0.1) is 5.92 Å². The fourth-order valence-electron chi connectivity index (χ4n) is 4.01. The molecule has 0 amide bonds. The van der Waals surface area contributed by atoms with E-state index < -0.39 is 16.7 Å². The van der Waals surface area contributed by atoms with E-state index in [0.717, 1.165) is 43.7 Å². The number of sulfonamides is 1. The van der Waals surface area contributed by atoms with Crippen molar-refractivity contribution in [3.63, 3.8) is 0 Å². The molecule has 0 bridgehead atoms. The largest absolute Gasteiger partial charge is 0.493 e. The third kappa shape index (κ3) is 6.65. The van der Waals surface area contributed by atoms with E-state index in [0.29, 0.717) is 30.4 Å². The van der Waals surface area contributed by atoms with Crippen LogP contribution in [0.3, 0.4) is 0 Å². The Morgan fingerprint density at radius 2 is 1.83 bits per heavy atom. The van der Waals surface area contributed by atoms with E-state index in [4.69, 9.17) is 9.47 Å². The standard InChI is InChI=1S/C25H31FN4O4S/c1-29(35(31,32)25-9-3-20(4-10-25)17-21-11-15-33-16-12-21)18-22-19-30(28-27-22)23-5-7-24(8-6-23)34-14-2-13-26/h3-10,19,21H,2,11-18H2,1H3. The van der Waals surface area contributed by atoms with E-state index in [1.807, 2.05) is 24.3 Å². The second kappa shape index (κ2) is 11.7. The molecule has 1 fully saturated rings. The fraction of sp³-hybridized carbons (Fsp3) is 0.440. The molecule has 1 aliphatic rings. The van der Waals surface area contributed by atoms with Crippen LogP contribution in [0.5, 0.6) is 5.75 Å². The predicted molar refractivity (Wildman–Crippen MR) is 130 cm³/mol. The second-order valence-corrected chi connectivity index (χ2v) is 10.7. The van der Waals surface area contributed by atoms with Gasteiger partial charge in [-0.15, -0.1) is 5.10 Å². The van der Waals surface area contributed by atoms with Crippen LogP contribution in [0.4, 0.5) is 4.39 Å². The van der Waals surface area contributed by atoms with E-state index in [1.54, 1.807) is 35.1 Å². The highest BCUT2D eigenvalue weighted by Gasteiger charge is 2.22. The first-order valence-corrected chi connectivity index (χ1v) is 13.2. The van der Waals surface area contributed by atoms with Crippen LogP contribution in [-0.4, -0.2) is 61.3 Å². The van der Waals surface area contributed by atoms with Crippen LogP contribution in [-0.2, 0) is 27.7 Å². The van der Waals surface area contributed by atoms with Crippen LogP contribution in [0.25, 0.3) is 5.69 Å². The molecule has 0 unspecified atom stereocenters. The maximum atomic E-state index is 13.1. The molecule has 1 saturated heterocycles. The summed E-state index contributed by atoms with van der Waals surface area (Å²) in [7, 11) is -2.13. The molecule has 35 heavy (non-hydrogen) atoms. The van der Waals surface area contributed by atoms with E-state index in [2.05, 4.69) is 10.3 Å². The van der Waals surface area contributed by atoms with Gasteiger partial charge in [0, 0.05) is 26.7 Å². The number of hydrogen-bond acceptors (Lipinski definition) is 6. The first-order chi connectivity index (χ1) is 17.0. The summed E-state index contributed by atoms with van der Waals surface area (Å²) in [6.07, 6.45) is 5.07. The topological polar surface area (TPSA) is 86.5 Å². The first kappa shape index (κ1) is 25.3. The van der Waals surface area contributed by atoms with Crippen LogP contribution in [0.1, 0.15) is 30.5 Å². The SMILES string of the molecule is CN(Cc1cn(-c2ccc(OCCCF)cc2)nn1)S(=O)(=O)c1ccc(CC2CCOCC2)cc1. The Labute approximate surface area is 205 Å². The second-order valence-electron chi connectivity index (χ2n) is 8.70. The summed E-state index contributed by atoms with van der Waals surface area (Å²) in [4.78, 5) is 0.256. The first-order valence-electron chi connectivity index (χ1n) is 11.8. The predicted octanol–water partition coefficient (Wildman–Crippen LogP) is 3.80. The minimum atomic E-state index is -3.67. The van der Waals surface area contributed by atoms with Gasteiger partial charge in [-0.05, 0) is 67.1 Å². The van der Waals surface area contributed by atoms with Crippen molar-refractivity contribution in [2.24, 2.45) is 5.92 Å². The summed E-state index contributed by atoms with van der Waals surface area (Å²) in [5, 5.41) is 8.24. The summed E-state index contributed by atoms with van der Waals surface area (Å²) < 4.78 is 52.1. The molecule has 1 aromatic heterocycles. The molecule has 2 aromatic carbocycles. The molecule has 10 heteroatoms. The lowest BCUT2D eigenvalue weighted by molar-refractivity contribution is 0.0665. The third-order valence-corrected chi connectivity index (χ3v) is 7.89. The van der Waals surface area contributed by atoms with E-state index >= 15 is 0 Å². The van der Waals surface area contributed by atoms with E-state index in [1.165, 1.54) is 11.4 Å². The van der Waals surface area contributed by atoms with E-state index in [9.17, 15) is 12.8 Å². The summed E-state index contributed by atoms with van der Waals surface area (Å²) in [5.74, 6) is 1.23. The van der Waals surface area contributed by atoms with Crippen molar-refractivity contribution in [1.29, 1.82) is 0 Å². The molecule has 188 valence electrons. The molecule has 2 heterocycles. The van der Waals surface area contributed by atoms with Crippen molar-refractivity contribution in [3.05, 3.63) is 66.0 Å². The Balaban J connectivity index is 1.36. The number of alkyl halides is 1. The van der Waals surface area contributed by atoms with Crippen LogP contribution in [0.15, 0.2) is 59.6 Å². The maximum Gasteiger partial charge on any atom is 0.243 e. The highest BCUT2D eigenvalue weighted by atomic mass is 32.2. The number of nitrogens with zero attached hydrogens (tertiary/aromatic N) is 4. The fourth-order valence-corrected chi connectivity index (χ4v) is 5.15. The number of aromatic nitrogens is 3. The lowest BCUT2D eigenvalue weighted by Crippen LogP contribution is -2.26. The van der Waals surface area contributed by atoms with Crippen molar-refractivity contribution in [2.45, 2.75) is 37.1 Å². The van der Waals surface area contributed by atoms with Crippen molar-refractivity contribution in [3.8, 4) is 11.4 Å². The molecular weight excluding hydrogens is 471 g/mol. The number of ether oxygens (including phenoxy) is 2. The number of benzene rings is 2. The normalized spacial score (nSPS) is 14.9. The molecule has 0 aliphatic carbocycles. The lowest BCUT2D eigenvalue weighted by Gasteiger charge is -2.22. The monoisotopic (exact) mass is 502 g/mol. The number of hydrogen-bond donors (Lipinski definition) is 0. The quantitative estimate of drug-likeness (QED) is 0.371. The summed E-state index contributed by atoms with van der Waals surface area (Å²) in [6.45, 7) is 1.60. The molecule has 0 N–H and O–H groups in total. The summed E-state index contributed by atoms with van der Waals surface area (Å²) in [6, 6.07) is 14.3. The molecule has 0 saturated carbocycles. The van der Waals surface area contributed by atoms with Gasteiger partial charge in [0.2, 0.25) is 10.0 Å². The third-order valence-electron chi connectivity index (χ3n) is 6.07. The van der Waals surface area contributed by atoms with Crippen LogP contribution in [0.2, 0.25) is 0 Å². The molecule has 1 aliphatic heterocycles. The highest BCUT2D eigenvalue weighted by molar-refractivity contribution is 7.89. The molecule has 0 radical (unpaired) electrons. The zero-order valence-electron chi connectivity index (χ0n) is 19.8. The molecule has 0 atom stereocenters. The van der Waals surface area contributed by atoms with Crippen LogP contribution < -0.4 is 4.74 Å². The Kier molecular flexibility index (Phi) is 8.48. The van der Waals surface area contributed by atoms with Gasteiger partial charge in [0.25, 0.3) is 0 Å². The smallest absolute Gasteiger partial charge is 0.243 e. The van der Waals surface area contributed by atoms with Gasteiger partial charge in [0.15, 0.2) is 0 Å². The van der Waals surface area contributed by atoms with Crippen molar-refractivity contribution in [2.75, 3.05) is 33.5 Å². The summed E-state index contributed by atoms with van der Waals surface area (Å²) in [5.41, 5.74) is 2.42. The van der Waals surface area contributed by atoms with Gasteiger partial charge in [-0.2, -0.15) is 4.31 Å². The number of rotatable bonds is 11. The minimum absolute atomic E-state index is 0.0938. The Hall–Kier alpha value is -2.82. The molecular formula is C25H31FN4O4S. The highest BCUT2D eigenvalue weighted by Crippen LogP contribution is 2.23. The van der Waals surface area contributed by atoms with E-state index in [-0.39, 0.29) is 11.4 Å². The average molecular weight is 503 g/mol. The lowest BCUT2D eigenvalue weighted by atomic mass is 9.92. The maximum absolute atomic E-state index is 13.1. The van der Waals surface area contributed by atoms with Gasteiger partial charge in [0.1, 0.15) is 5.75 Å². The van der Waals surface area contributed by atoms with Gasteiger partial charge in [-0.1, -0.05) is 17.3 Å². The average Bonchev–Trinajstić information content (AvgIpc) is 3.34. The van der Waals surface area contributed by atoms with Crippen LogP contribution >= 0.6 is 0 Å². The zero-order valence-corrected chi connectivity index (χ0v) is 20.7. The summed E-state index contributed by atoms with van der Waals surface area (Å²) >= 11 is 0. The number of halogens is 1. The molecule has 4 rings (SSSR count). The Bertz CT molecular complexity index is 1180. The Morgan fingerprint density at radius 1 is 1.11 bits per heavy atom. The van der Waals surface area contributed by atoms with Crippen molar-refractivity contribution < 1.29 is 22.3 Å². The minimum Gasteiger partial charge on any atom is -0.493 e. The Morgan fingerprint density at radius 3 is 2.51 bits per heavy atom. The molecule has 3 aromatic rings. The van der Waals surface area contributed by atoms with Gasteiger partial charge in [-0.25, -0.2) is 13.1 Å². The zero-order chi connectivity index (χ0) is 24.7. The van der Waals surface area contributed by atoms with Gasteiger partial charge < -0.3 is 9.47 Å². The van der Waals surface area contributed by atoms with Crippen molar-refractivity contribution >= 4 is 10.0 Å². The molecule has 0 spiro atoms.